The number of aromatic nitrogens is 1. The largest absolute Gasteiger partial charge is 0.494 e. The molecule has 2 rings (SSSR count). The van der Waals surface area contributed by atoms with Crippen molar-refractivity contribution < 1.29 is 13.9 Å². The number of unbranched alkanes of at least 4 members (excludes halogenated alkanes) is 7. The van der Waals surface area contributed by atoms with Gasteiger partial charge in [-0.05, 0) is 49.2 Å². The average molecular weight is 416 g/mol. The summed E-state index contributed by atoms with van der Waals surface area (Å²) < 4.78 is 25.3. The Labute approximate surface area is 182 Å². The molecule has 0 N–H and O–H groups in total. The third-order valence-corrected chi connectivity index (χ3v) is 5.20. The maximum Gasteiger partial charge on any atom is 0.137 e. The van der Waals surface area contributed by atoms with Crippen LogP contribution in [0.2, 0.25) is 0 Å². The number of ether oxygens (including phenoxy) is 2. The predicted molar refractivity (Wildman–Crippen MR) is 123 cm³/mol. The van der Waals surface area contributed by atoms with Crippen molar-refractivity contribution in [1.82, 2.24) is 4.98 Å². The molecule has 0 aliphatic heterocycles. The molecule has 0 bridgehead atoms. The van der Waals surface area contributed by atoms with Gasteiger partial charge in [-0.15, -0.1) is 0 Å². The topological polar surface area (TPSA) is 31.4 Å². The lowest BCUT2D eigenvalue weighted by atomic mass is 10.1. The highest BCUT2D eigenvalue weighted by atomic mass is 19.1. The van der Waals surface area contributed by atoms with Crippen LogP contribution in [-0.2, 0) is 0 Å². The first kappa shape index (κ1) is 24.2. The van der Waals surface area contributed by atoms with Crippen molar-refractivity contribution >= 4 is 0 Å². The van der Waals surface area contributed by atoms with Crippen molar-refractivity contribution in [2.24, 2.45) is 0 Å². The molecular weight excluding hydrogens is 377 g/mol. The van der Waals surface area contributed by atoms with Gasteiger partial charge >= 0.3 is 0 Å². The Morgan fingerprint density at radius 2 is 1.43 bits per heavy atom. The number of benzene rings is 1. The molecule has 0 radical (unpaired) electrons. The van der Waals surface area contributed by atoms with Gasteiger partial charge in [0.1, 0.15) is 24.3 Å². The summed E-state index contributed by atoms with van der Waals surface area (Å²) in [6.07, 6.45) is 11.8. The minimum Gasteiger partial charge on any atom is -0.494 e. The normalized spacial score (nSPS) is 12.0. The molecule has 1 heterocycles. The van der Waals surface area contributed by atoms with Crippen LogP contribution in [0.15, 0.2) is 42.6 Å². The van der Waals surface area contributed by atoms with Crippen LogP contribution >= 0.6 is 0 Å². The fraction of sp³-hybridized carbons (Fsp3) is 0.577. The minimum absolute atomic E-state index is 0.0973. The zero-order chi connectivity index (χ0) is 21.4. The maximum atomic E-state index is 14.0. The van der Waals surface area contributed by atoms with Crippen LogP contribution in [0, 0.1) is 0 Å². The summed E-state index contributed by atoms with van der Waals surface area (Å²) in [5.74, 6) is 1.49. The SMILES string of the molecule is CCCCCCCCC(F)COc1ccc(-c2ccc(OCCCCC)cc2)nc1. The molecule has 0 amide bonds. The fourth-order valence-electron chi connectivity index (χ4n) is 3.32. The Hall–Kier alpha value is -2.10. The van der Waals surface area contributed by atoms with E-state index in [9.17, 15) is 4.39 Å². The number of nitrogens with zero attached hydrogens (tertiary/aromatic N) is 1. The van der Waals surface area contributed by atoms with Gasteiger partial charge in [0.2, 0.25) is 0 Å². The number of pyridine rings is 1. The fourth-order valence-corrected chi connectivity index (χ4v) is 3.32. The molecule has 0 saturated carbocycles. The van der Waals surface area contributed by atoms with E-state index in [4.69, 9.17) is 9.47 Å². The van der Waals surface area contributed by atoms with Gasteiger partial charge in [-0.3, -0.25) is 4.98 Å². The summed E-state index contributed by atoms with van der Waals surface area (Å²) in [6.45, 7) is 5.24. The van der Waals surface area contributed by atoms with Crippen molar-refractivity contribution in [3.05, 3.63) is 42.6 Å². The van der Waals surface area contributed by atoms with E-state index in [1.54, 1.807) is 6.20 Å². The zero-order valence-corrected chi connectivity index (χ0v) is 18.7. The highest BCUT2D eigenvalue weighted by Crippen LogP contribution is 2.23. The van der Waals surface area contributed by atoms with Gasteiger partial charge in [0.05, 0.1) is 18.5 Å². The number of alkyl halides is 1. The van der Waals surface area contributed by atoms with Crippen molar-refractivity contribution in [1.29, 1.82) is 0 Å². The van der Waals surface area contributed by atoms with Gasteiger partial charge in [0, 0.05) is 5.56 Å². The van der Waals surface area contributed by atoms with Crippen molar-refractivity contribution in [3.63, 3.8) is 0 Å². The van der Waals surface area contributed by atoms with Crippen LogP contribution in [-0.4, -0.2) is 24.4 Å². The molecule has 1 aromatic carbocycles. The van der Waals surface area contributed by atoms with Crippen molar-refractivity contribution in [2.45, 2.75) is 84.2 Å². The summed E-state index contributed by atoms with van der Waals surface area (Å²) in [7, 11) is 0. The van der Waals surface area contributed by atoms with E-state index >= 15 is 0 Å². The molecule has 1 unspecified atom stereocenters. The molecule has 2 aromatic rings. The number of rotatable bonds is 16. The molecule has 0 fully saturated rings. The summed E-state index contributed by atoms with van der Waals surface area (Å²) >= 11 is 0. The van der Waals surface area contributed by atoms with Crippen LogP contribution in [0.3, 0.4) is 0 Å². The van der Waals surface area contributed by atoms with Gasteiger partial charge in [-0.2, -0.15) is 0 Å². The Bertz CT molecular complexity index is 672. The monoisotopic (exact) mass is 415 g/mol. The number of hydrogen-bond acceptors (Lipinski definition) is 3. The van der Waals surface area contributed by atoms with E-state index in [-0.39, 0.29) is 6.61 Å². The van der Waals surface area contributed by atoms with Crippen LogP contribution in [0.5, 0.6) is 11.5 Å². The molecule has 0 aliphatic rings. The van der Waals surface area contributed by atoms with Gasteiger partial charge in [-0.1, -0.05) is 65.2 Å². The van der Waals surface area contributed by atoms with Crippen LogP contribution in [0.25, 0.3) is 11.3 Å². The Morgan fingerprint density at radius 1 is 0.767 bits per heavy atom. The quantitative estimate of drug-likeness (QED) is 0.262. The standard InChI is InChI=1S/C26H38FNO2/c1-3-5-7-8-9-10-12-23(27)21-30-25-17-18-26(28-20-25)22-13-15-24(16-14-22)29-19-11-6-4-2/h13-18,20,23H,3-12,19,21H2,1-2H3. The first-order valence-corrected chi connectivity index (χ1v) is 11.7. The van der Waals surface area contributed by atoms with E-state index < -0.39 is 6.17 Å². The van der Waals surface area contributed by atoms with E-state index in [1.807, 2.05) is 36.4 Å². The number of hydrogen-bond donors (Lipinski definition) is 0. The van der Waals surface area contributed by atoms with E-state index in [0.717, 1.165) is 42.9 Å². The molecule has 1 aromatic heterocycles. The van der Waals surface area contributed by atoms with Gasteiger partial charge < -0.3 is 9.47 Å². The lowest BCUT2D eigenvalue weighted by Gasteiger charge is -2.11. The summed E-state index contributed by atoms with van der Waals surface area (Å²) in [5, 5.41) is 0. The maximum absolute atomic E-state index is 14.0. The minimum atomic E-state index is -0.916. The van der Waals surface area contributed by atoms with Gasteiger partial charge in [0.25, 0.3) is 0 Å². The molecule has 30 heavy (non-hydrogen) atoms. The second-order valence-corrected chi connectivity index (χ2v) is 7.92. The average Bonchev–Trinajstić information content (AvgIpc) is 2.78. The summed E-state index contributed by atoms with van der Waals surface area (Å²) in [5.41, 5.74) is 1.89. The zero-order valence-electron chi connectivity index (χ0n) is 18.7. The molecule has 3 nitrogen and oxygen atoms in total. The summed E-state index contributed by atoms with van der Waals surface area (Å²) in [6, 6.07) is 11.7. The smallest absolute Gasteiger partial charge is 0.137 e. The first-order valence-electron chi connectivity index (χ1n) is 11.7. The Kier molecular flexibility index (Phi) is 11.9. The molecule has 166 valence electrons. The van der Waals surface area contributed by atoms with E-state index in [1.165, 1.54) is 38.5 Å². The summed E-state index contributed by atoms with van der Waals surface area (Å²) in [4.78, 5) is 4.46. The molecule has 1 atom stereocenters. The highest BCUT2D eigenvalue weighted by Gasteiger charge is 2.08. The predicted octanol–water partition coefficient (Wildman–Crippen LogP) is 7.79. The number of halogens is 1. The second-order valence-electron chi connectivity index (χ2n) is 7.92. The van der Waals surface area contributed by atoms with E-state index in [0.29, 0.717) is 12.2 Å². The van der Waals surface area contributed by atoms with E-state index in [2.05, 4.69) is 18.8 Å². The lowest BCUT2D eigenvalue weighted by Crippen LogP contribution is -2.12. The van der Waals surface area contributed by atoms with Crippen molar-refractivity contribution in [3.8, 4) is 22.8 Å². The molecule has 0 saturated heterocycles. The van der Waals surface area contributed by atoms with Gasteiger partial charge in [-0.25, -0.2) is 4.39 Å². The molecular formula is C26H38FNO2. The Balaban J connectivity index is 1.70. The van der Waals surface area contributed by atoms with Crippen LogP contribution < -0.4 is 9.47 Å². The molecule has 0 spiro atoms. The third-order valence-electron chi connectivity index (χ3n) is 5.20. The molecule has 4 heteroatoms. The van der Waals surface area contributed by atoms with Crippen LogP contribution in [0.1, 0.15) is 78.1 Å². The highest BCUT2D eigenvalue weighted by molar-refractivity contribution is 5.60. The first-order chi connectivity index (χ1) is 14.7. The Morgan fingerprint density at radius 3 is 2.13 bits per heavy atom. The second kappa shape index (κ2) is 14.8. The molecule has 0 aliphatic carbocycles. The van der Waals surface area contributed by atoms with Gasteiger partial charge in [0.15, 0.2) is 0 Å². The lowest BCUT2D eigenvalue weighted by molar-refractivity contribution is 0.183. The third kappa shape index (κ3) is 9.60. The van der Waals surface area contributed by atoms with Crippen LogP contribution in [0.4, 0.5) is 4.39 Å². The van der Waals surface area contributed by atoms with Crippen molar-refractivity contribution in [2.75, 3.05) is 13.2 Å².